The zero-order chi connectivity index (χ0) is 14.0. The summed E-state index contributed by atoms with van der Waals surface area (Å²) in [5.41, 5.74) is -0.0710. The predicted molar refractivity (Wildman–Crippen MR) is 65.4 cm³/mol. The number of halogens is 2. The second-order valence-electron chi connectivity index (χ2n) is 4.60. The Kier molecular flexibility index (Phi) is 3.90. The molecule has 1 heterocycles. The van der Waals surface area contributed by atoms with Crippen molar-refractivity contribution in [2.45, 2.75) is 32.4 Å². The summed E-state index contributed by atoms with van der Waals surface area (Å²) in [6.07, 6.45) is 0.306. The van der Waals surface area contributed by atoms with Crippen molar-refractivity contribution in [1.82, 2.24) is 14.8 Å². The Hall–Kier alpha value is -1.82. The van der Waals surface area contributed by atoms with E-state index in [1.165, 1.54) is 6.33 Å². The number of aromatic nitrogens is 3. The quantitative estimate of drug-likeness (QED) is 0.925. The molecule has 0 spiro atoms. The molecule has 0 amide bonds. The number of benzene rings is 1. The molecule has 0 saturated carbocycles. The van der Waals surface area contributed by atoms with E-state index in [1.54, 1.807) is 4.68 Å². The SMILES string of the molecule is CC(C)n1ncnc1CC(O)c1cc(F)ccc1F. The van der Waals surface area contributed by atoms with Gasteiger partial charge in [0.1, 0.15) is 23.8 Å². The van der Waals surface area contributed by atoms with Crippen LogP contribution in [0.1, 0.15) is 37.4 Å². The summed E-state index contributed by atoms with van der Waals surface area (Å²) in [6, 6.07) is 3.10. The second-order valence-corrected chi connectivity index (χ2v) is 4.60. The third kappa shape index (κ3) is 2.96. The van der Waals surface area contributed by atoms with Crippen LogP contribution in [0.2, 0.25) is 0 Å². The molecule has 0 aliphatic heterocycles. The van der Waals surface area contributed by atoms with Gasteiger partial charge in [-0.3, -0.25) is 0 Å². The lowest BCUT2D eigenvalue weighted by Gasteiger charge is -2.14. The van der Waals surface area contributed by atoms with Crippen molar-refractivity contribution in [3.8, 4) is 0 Å². The lowest BCUT2D eigenvalue weighted by Crippen LogP contribution is -2.13. The molecule has 102 valence electrons. The number of hydrogen-bond donors (Lipinski definition) is 1. The van der Waals surface area contributed by atoms with Crippen molar-refractivity contribution in [2.75, 3.05) is 0 Å². The topological polar surface area (TPSA) is 50.9 Å². The highest BCUT2D eigenvalue weighted by atomic mass is 19.1. The Bertz CT molecular complexity index is 569. The molecule has 2 aromatic rings. The van der Waals surface area contributed by atoms with E-state index in [1.807, 2.05) is 13.8 Å². The first-order valence-corrected chi connectivity index (χ1v) is 6.00. The van der Waals surface area contributed by atoms with Gasteiger partial charge in [0, 0.05) is 18.0 Å². The van der Waals surface area contributed by atoms with E-state index in [0.717, 1.165) is 18.2 Å². The minimum atomic E-state index is -1.16. The van der Waals surface area contributed by atoms with E-state index < -0.39 is 17.7 Å². The molecule has 0 saturated heterocycles. The number of nitrogens with zero attached hydrogens (tertiary/aromatic N) is 3. The fourth-order valence-corrected chi connectivity index (χ4v) is 1.90. The number of aliphatic hydroxyl groups is 1. The molecule has 4 nitrogen and oxygen atoms in total. The molecule has 0 aliphatic carbocycles. The van der Waals surface area contributed by atoms with E-state index in [-0.39, 0.29) is 18.0 Å². The van der Waals surface area contributed by atoms with Crippen LogP contribution < -0.4 is 0 Å². The first-order chi connectivity index (χ1) is 8.99. The summed E-state index contributed by atoms with van der Waals surface area (Å²) in [6.45, 7) is 3.85. The maximum absolute atomic E-state index is 13.5. The van der Waals surface area contributed by atoms with Gasteiger partial charge in [0.05, 0.1) is 6.10 Å². The van der Waals surface area contributed by atoms with Crippen LogP contribution in [0.5, 0.6) is 0 Å². The summed E-state index contributed by atoms with van der Waals surface area (Å²) < 4.78 is 28.3. The van der Waals surface area contributed by atoms with Gasteiger partial charge in [0.15, 0.2) is 0 Å². The highest BCUT2D eigenvalue weighted by molar-refractivity contribution is 5.21. The van der Waals surface area contributed by atoms with Crippen LogP contribution in [-0.4, -0.2) is 19.9 Å². The van der Waals surface area contributed by atoms with Crippen molar-refractivity contribution >= 4 is 0 Å². The zero-order valence-electron chi connectivity index (χ0n) is 10.7. The van der Waals surface area contributed by atoms with Crippen molar-refractivity contribution in [3.63, 3.8) is 0 Å². The Morgan fingerprint density at radius 2 is 2.05 bits per heavy atom. The van der Waals surface area contributed by atoms with E-state index in [2.05, 4.69) is 10.1 Å². The van der Waals surface area contributed by atoms with E-state index in [4.69, 9.17) is 0 Å². The molecule has 1 unspecified atom stereocenters. The fourth-order valence-electron chi connectivity index (χ4n) is 1.90. The Morgan fingerprint density at radius 3 is 2.74 bits per heavy atom. The first-order valence-electron chi connectivity index (χ1n) is 6.00. The maximum Gasteiger partial charge on any atom is 0.138 e. The minimum Gasteiger partial charge on any atom is -0.388 e. The molecule has 1 N–H and O–H groups in total. The number of hydrogen-bond acceptors (Lipinski definition) is 3. The summed E-state index contributed by atoms with van der Waals surface area (Å²) in [5.74, 6) is -0.684. The average molecular weight is 267 g/mol. The summed E-state index contributed by atoms with van der Waals surface area (Å²) in [7, 11) is 0. The lowest BCUT2D eigenvalue weighted by atomic mass is 10.1. The van der Waals surface area contributed by atoms with Crippen LogP contribution in [0.15, 0.2) is 24.5 Å². The molecule has 0 fully saturated rings. The lowest BCUT2D eigenvalue weighted by molar-refractivity contribution is 0.168. The van der Waals surface area contributed by atoms with Crippen LogP contribution in [0.4, 0.5) is 8.78 Å². The first kappa shape index (κ1) is 13.6. The molecule has 0 bridgehead atoms. The van der Waals surface area contributed by atoms with Crippen LogP contribution in [0.25, 0.3) is 0 Å². The average Bonchev–Trinajstić information content (AvgIpc) is 2.80. The molecular formula is C13H15F2N3O. The van der Waals surface area contributed by atoms with E-state index >= 15 is 0 Å². The molecule has 1 atom stereocenters. The molecule has 1 aromatic carbocycles. The molecular weight excluding hydrogens is 252 g/mol. The van der Waals surface area contributed by atoms with Crippen LogP contribution >= 0.6 is 0 Å². The predicted octanol–water partition coefficient (Wildman–Crippen LogP) is 2.41. The Morgan fingerprint density at radius 1 is 1.32 bits per heavy atom. The van der Waals surface area contributed by atoms with Gasteiger partial charge in [0.25, 0.3) is 0 Å². The van der Waals surface area contributed by atoms with Crippen molar-refractivity contribution in [2.24, 2.45) is 0 Å². The summed E-state index contributed by atoms with van der Waals surface area (Å²) >= 11 is 0. The Labute approximate surface area is 109 Å². The molecule has 1 aromatic heterocycles. The van der Waals surface area contributed by atoms with Crippen molar-refractivity contribution in [1.29, 1.82) is 0 Å². The molecule has 19 heavy (non-hydrogen) atoms. The van der Waals surface area contributed by atoms with Gasteiger partial charge in [-0.25, -0.2) is 18.4 Å². The second kappa shape index (κ2) is 5.44. The Balaban J connectivity index is 2.23. The van der Waals surface area contributed by atoms with Crippen LogP contribution in [0.3, 0.4) is 0 Å². The zero-order valence-corrected chi connectivity index (χ0v) is 10.7. The third-order valence-electron chi connectivity index (χ3n) is 2.83. The number of rotatable bonds is 4. The summed E-state index contributed by atoms with van der Waals surface area (Å²) in [4.78, 5) is 4.03. The molecule has 0 aliphatic rings. The largest absolute Gasteiger partial charge is 0.388 e. The fraction of sp³-hybridized carbons (Fsp3) is 0.385. The summed E-state index contributed by atoms with van der Waals surface area (Å²) in [5, 5.41) is 14.0. The van der Waals surface area contributed by atoms with Gasteiger partial charge in [-0.1, -0.05) is 0 Å². The van der Waals surface area contributed by atoms with Gasteiger partial charge >= 0.3 is 0 Å². The van der Waals surface area contributed by atoms with Gasteiger partial charge < -0.3 is 5.11 Å². The highest BCUT2D eigenvalue weighted by Gasteiger charge is 2.18. The smallest absolute Gasteiger partial charge is 0.138 e. The normalized spacial score (nSPS) is 12.9. The van der Waals surface area contributed by atoms with E-state index in [0.29, 0.717) is 5.82 Å². The van der Waals surface area contributed by atoms with Crippen molar-refractivity contribution in [3.05, 3.63) is 47.5 Å². The van der Waals surface area contributed by atoms with Gasteiger partial charge in [0.2, 0.25) is 0 Å². The standard InChI is InChI=1S/C13H15F2N3O/c1-8(2)18-13(16-7-17-18)6-12(19)10-5-9(14)3-4-11(10)15/h3-5,7-8,12,19H,6H2,1-2H3. The van der Waals surface area contributed by atoms with Gasteiger partial charge in [-0.2, -0.15) is 5.10 Å². The van der Waals surface area contributed by atoms with E-state index in [9.17, 15) is 13.9 Å². The third-order valence-corrected chi connectivity index (χ3v) is 2.83. The van der Waals surface area contributed by atoms with Gasteiger partial charge in [-0.15, -0.1) is 0 Å². The number of aliphatic hydroxyl groups excluding tert-OH is 1. The monoisotopic (exact) mass is 267 g/mol. The highest BCUT2D eigenvalue weighted by Crippen LogP contribution is 2.22. The molecule has 6 heteroatoms. The van der Waals surface area contributed by atoms with Crippen LogP contribution in [0, 0.1) is 11.6 Å². The van der Waals surface area contributed by atoms with Gasteiger partial charge in [-0.05, 0) is 32.0 Å². The van der Waals surface area contributed by atoms with Crippen molar-refractivity contribution < 1.29 is 13.9 Å². The molecule has 2 rings (SSSR count). The molecule has 0 radical (unpaired) electrons. The van der Waals surface area contributed by atoms with Crippen LogP contribution in [-0.2, 0) is 6.42 Å². The minimum absolute atomic E-state index is 0.0710. The maximum atomic E-state index is 13.5.